The third kappa shape index (κ3) is 4.50. The highest BCUT2D eigenvalue weighted by Gasteiger charge is 2.22. The molecule has 30 heavy (non-hydrogen) atoms. The normalized spacial score (nSPS) is 11.5. The van der Waals surface area contributed by atoms with Crippen molar-refractivity contribution in [3.63, 3.8) is 0 Å². The van der Waals surface area contributed by atoms with E-state index in [1.165, 1.54) is 11.3 Å². The molecule has 154 valence electrons. The van der Waals surface area contributed by atoms with Crippen LogP contribution in [-0.4, -0.2) is 30.5 Å². The van der Waals surface area contributed by atoms with Crippen molar-refractivity contribution in [1.82, 2.24) is 14.7 Å². The lowest BCUT2D eigenvalue weighted by Gasteiger charge is -2.22. The molecule has 0 aliphatic rings. The number of rotatable bonds is 6. The lowest BCUT2D eigenvalue weighted by atomic mass is 10.2. The van der Waals surface area contributed by atoms with Crippen molar-refractivity contribution in [2.75, 3.05) is 11.2 Å². The van der Waals surface area contributed by atoms with Crippen LogP contribution < -0.4 is 9.62 Å². The summed E-state index contributed by atoms with van der Waals surface area (Å²) in [5.41, 5.74) is 4.83. The van der Waals surface area contributed by atoms with E-state index < -0.39 is 15.9 Å². The molecule has 2 heterocycles. The molecule has 2 aromatic carbocycles. The van der Waals surface area contributed by atoms with Crippen LogP contribution in [0.1, 0.15) is 20.9 Å². The summed E-state index contributed by atoms with van der Waals surface area (Å²) in [5, 5.41) is 0.610. The number of hydrogen-bond donors (Lipinski definition) is 1. The second-order valence-electron chi connectivity index (χ2n) is 6.68. The first-order valence-electron chi connectivity index (χ1n) is 8.94. The standard InChI is InChI=1S/C20H18N4O3S3/c1-13-18(19(25)23-30(2,26)27)22-20(29-13)24(11-14-6-4-3-5-7-14)15-8-9-16-17(10-15)28-12-21-16/h3-10,12H,11H2,1-2H3,(H,23,25). The van der Waals surface area contributed by atoms with Gasteiger partial charge in [-0.15, -0.1) is 22.7 Å². The largest absolute Gasteiger partial charge is 0.313 e. The Hall–Kier alpha value is -2.82. The molecule has 4 aromatic rings. The van der Waals surface area contributed by atoms with E-state index in [4.69, 9.17) is 0 Å². The van der Waals surface area contributed by atoms with Crippen LogP contribution in [0, 0.1) is 6.92 Å². The Labute approximate surface area is 182 Å². The summed E-state index contributed by atoms with van der Waals surface area (Å²) in [6.45, 7) is 2.30. The van der Waals surface area contributed by atoms with Gasteiger partial charge in [-0.1, -0.05) is 30.3 Å². The van der Waals surface area contributed by atoms with E-state index in [0.29, 0.717) is 16.6 Å². The quantitative estimate of drug-likeness (QED) is 0.468. The van der Waals surface area contributed by atoms with Crippen molar-refractivity contribution in [3.05, 3.63) is 70.2 Å². The van der Waals surface area contributed by atoms with E-state index in [-0.39, 0.29) is 5.69 Å². The summed E-state index contributed by atoms with van der Waals surface area (Å²) in [7, 11) is -3.67. The van der Waals surface area contributed by atoms with Crippen LogP contribution >= 0.6 is 22.7 Å². The predicted octanol–water partition coefficient (Wildman–Crippen LogP) is 4.09. The third-order valence-corrected chi connectivity index (χ3v) is 6.66. The average Bonchev–Trinajstić information content (AvgIpc) is 3.31. The van der Waals surface area contributed by atoms with Gasteiger partial charge in [0.2, 0.25) is 10.0 Å². The molecule has 0 fully saturated rings. The Kier molecular flexibility index (Phi) is 5.54. The number of anilines is 2. The Bertz CT molecular complexity index is 1310. The number of aromatic nitrogens is 2. The minimum absolute atomic E-state index is 0.109. The highest BCUT2D eigenvalue weighted by Crippen LogP contribution is 2.35. The Morgan fingerprint density at radius 1 is 1.17 bits per heavy atom. The average molecular weight is 459 g/mol. The second kappa shape index (κ2) is 8.13. The van der Waals surface area contributed by atoms with Crippen LogP contribution in [0.5, 0.6) is 0 Å². The summed E-state index contributed by atoms with van der Waals surface area (Å²) in [4.78, 5) is 23.9. The van der Waals surface area contributed by atoms with Crippen LogP contribution in [0.25, 0.3) is 10.2 Å². The number of benzene rings is 2. The maximum absolute atomic E-state index is 12.4. The number of carbonyl (C=O) groups excluding carboxylic acids is 1. The predicted molar refractivity (Wildman–Crippen MR) is 121 cm³/mol. The number of sulfonamides is 1. The van der Waals surface area contributed by atoms with Crippen LogP contribution in [0.2, 0.25) is 0 Å². The van der Waals surface area contributed by atoms with Gasteiger partial charge in [-0.2, -0.15) is 0 Å². The zero-order valence-electron chi connectivity index (χ0n) is 16.2. The van der Waals surface area contributed by atoms with Crippen molar-refractivity contribution in [2.24, 2.45) is 0 Å². The fourth-order valence-corrected chi connectivity index (χ4v) is 5.04. The van der Waals surface area contributed by atoms with Gasteiger partial charge in [-0.05, 0) is 30.7 Å². The SMILES string of the molecule is Cc1sc(N(Cc2ccccc2)c2ccc3ncsc3c2)nc1C(=O)NS(C)(=O)=O. The highest BCUT2D eigenvalue weighted by molar-refractivity contribution is 7.89. The van der Waals surface area contributed by atoms with E-state index in [9.17, 15) is 13.2 Å². The Morgan fingerprint density at radius 3 is 2.67 bits per heavy atom. The maximum atomic E-state index is 12.4. The molecule has 0 saturated carbocycles. The molecule has 1 N–H and O–H groups in total. The molecule has 0 saturated heterocycles. The van der Waals surface area contributed by atoms with E-state index in [0.717, 1.165) is 27.7 Å². The maximum Gasteiger partial charge on any atom is 0.284 e. The molecule has 2 aromatic heterocycles. The number of hydrogen-bond acceptors (Lipinski definition) is 8. The van der Waals surface area contributed by atoms with E-state index in [2.05, 4.69) is 9.97 Å². The van der Waals surface area contributed by atoms with Gasteiger partial charge in [0, 0.05) is 10.6 Å². The monoisotopic (exact) mass is 458 g/mol. The first-order valence-corrected chi connectivity index (χ1v) is 12.5. The molecule has 0 bridgehead atoms. The molecule has 0 aliphatic heterocycles. The zero-order valence-corrected chi connectivity index (χ0v) is 18.6. The molecule has 0 spiro atoms. The smallest absolute Gasteiger partial charge is 0.284 e. The van der Waals surface area contributed by atoms with Crippen molar-refractivity contribution in [2.45, 2.75) is 13.5 Å². The molecule has 0 unspecified atom stereocenters. The topological polar surface area (TPSA) is 92.3 Å². The molecule has 0 aliphatic carbocycles. The summed E-state index contributed by atoms with van der Waals surface area (Å²) in [6.07, 6.45) is 0.944. The number of amides is 1. The fourth-order valence-electron chi connectivity index (χ4n) is 2.97. The van der Waals surface area contributed by atoms with E-state index >= 15 is 0 Å². The highest BCUT2D eigenvalue weighted by atomic mass is 32.2. The molecule has 10 heteroatoms. The zero-order chi connectivity index (χ0) is 21.3. The van der Waals surface area contributed by atoms with Crippen molar-refractivity contribution < 1.29 is 13.2 Å². The van der Waals surface area contributed by atoms with Crippen LogP contribution in [0.4, 0.5) is 10.8 Å². The molecule has 7 nitrogen and oxygen atoms in total. The lowest BCUT2D eigenvalue weighted by molar-refractivity contribution is 0.0977. The molecule has 0 radical (unpaired) electrons. The van der Waals surface area contributed by atoms with Gasteiger partial charge in [0.1, 0.15) is 5.69 Å². The van der Waals surface area contributed by atoms with E-state index in [1.807, 2.05) is 58.2 Å². The molecule has 1 amide bonds. The minimum Gasteiger partial charge on any atom is -0.313 e. The molecular weight excluding hydrogens is 440 g/mol. The minimum atomic E-state index is -3.67. The summed E-state index contributed by atoms with van der Waals surface area (Å²) < 4.78 is 26.0. The number of nitrogens with one attached hydrogen (secondary N) is 1. The van der Waals surface area contributed by atoms with Crippen molar-refractivity contribution in [3.8, 4) is 0 Å². The first-order chi connectivity index (χ1) is 14.3. The first kappa shape index (κ1) is 20.5. The van der Waals surface area contributed by atoms with Gasteiger partial charge in [-0.3, -0.25) is 4.79 Å². The third-order valence-electron chi connectivity index (χ3n) is 4.32. The Balaban J connectivity index is 1.76. The summed E-state index contributed by atoms with van der Waals surface area (Å²) in [5.74, 6) is -0.727. The molecule has 4 rings (SSSR count). The Morgan fingerprint density at radius 2 is 1.93 bits per heavy atom. The number of aryl methyl sites for hydroxylation is 1. The van der Waals surface area contributed by atoms with Crippen LogP contribution in [-0.2, 0) is 16.6 Å². The van der Waals surface area contributed by atoms with Gasteiger partial charge >= 0.3 is 0 Å². The van der Waals surface area contributed by atoms with Crippen molar-refractivity contribution in [1.29, 1.82) is 0 Å². The second-order valence-corrected chi connectivity index (χ2v) is 10.5. The summed E-state index contributed by atoms with van der Waals surface area (Å²) >= 11 is 2.90. The van der Waals surface area contributed by atoms with Gasteiger partial charge in [0.15, 0.2) is 5.13 Å². The number of carbonyl (C=O) groups is 1. The lowest BCUT2D eigenvalue weighted by Crippen LogP contribution is -2.30. The van der Waals surface area contributed by atoms with E-state index in [1.54, 1.807) is 23.8 Å². The molecular formula is C20H18N4O3S3. The number of thiazole rings is 2. The van der Waals surface area contributed by atoms with Gasteiger partial charge in [0.25, 0.3) is 5.91 Å². The van der Waals surface area contributed by atoms with Crippen LogP contribution in [0.3, 0.4) is 0 Å². The number of nitrogens with zero attached hydrogens (tertiary/aromatic N) is 3. The van der Waals surface area contributed by atoms with Gasteiger partial charge in [-0.25, -0.2) is 23.1 Å². The molecule has 0 atom stereocenters. The van der Waals surface area contributed by atoms with Crippen molar-refractivity contribution >= 4 is 59.6 Å². The van der Waals surface area contributed by atoms with Crippen LogP contribution in [0.15, 0.2) is 54.0 Å². The summed E-state index contributed by atoms with van der Waals surface area (Å²) in [6, 6.07) is 15.9. The van der Waals surface area contributed by atoms with Gasteiger partial charge < -0.3 is 4.90 Å². The number of fused-ring (bicyclic) bond motifs is 1. The van der Waals surface area contributed by atoms with Gasteiger partial charge in [0.05, 0.1) is 28.5 Å². The fraction of sp³-hybridized carbons (Fsp3) is 0.150.